The first-order valence-corrected chi connectivity index (χ1v) is 12.0. The molecule has 2 aliphatic carbocycles. The molecule has 0 N–H and O–H groups in total. The van der Waals surface area contributed by atoms with E-state index in [1.807, 2.05) is 36.7 Å². The SMILES string of the molecule is C[C@H]1C[C@@]12c1nncn1C1(C)CN=C(c3cnoc3-c3ccccc3)N=C1N2C1CCCC1. The van der Waals surface area contributed by atoms with Crippen LogP contribution in [0.15, 0.2) is 57.4 Å². The molecule has 0 bridgehead atoms. The number of benzene rings is 1. The molecule has 8 nitrogen and oxygen atoms in total. The van der Waals surface area contributed by atoms with Crippen LogP contribution >= 0.6 is 0 Å². The second-order valence-electron chi connectivity index (χ2n) is 10.1. The highest BCUT2D eigenvalue weighted by atomic mass is 16.5. The largest absolute Gasteiger partial charge is 0.356 e. The minimum atomic E-state index is -0.400. The first-order chi connectivity index (χ1) is 16.1. The Morgan fingerprint density at radius 1 is 1.12 bits per heavy atom. The lowest BCUT2D eigenvalue weighted by atomic mass is 9.89. The predicted octanol–water partition coefficient (Wildman–Crippen LogP) is 4.00. The Kier molecular flexibility index (Phi) is 3.85. The standard InChI is InChI=1S/C25H27N7O/c1-16-12-25(16)23-30-27-15-31(23)24(2)14-26-21(29-22(24)32(25)18-10-6-7-11-18)19-13-28-33-20(19)17-8-4-3-5-9-17/h3-5,8-9,13,15-16,18H,6-7,10-12,14H2,1-2H3/t16-,24?,25-/m0/s1. The first kappa shape index (κ1) is 19.2. The summed E-state index contributed by atoms with van der Waals surface area (Å²) in [5.74, 6) is 4.11. The summed E-state index contributed by atoms with van der Waals surface area (Å²) in [6.07, 6.45) is 9.65. The lowest BCUT2D eigenvalue weighted by molar-refractivity contribution is 0.140. The van der Waals surface area contributed by atoms with E-state index in [1.54, 1.807) is 6.20 Å². The average Bonchev–Trinajstić information content (AvgIpc) is 3.40. The van der Waals surface area contributed by atoms with E-state index in [4.69, 9.17) is 14.5 Å². The van der Waals surface area contributed by atoms with Crippen molar-refractivity contribution in [1.29, 1.82) is 0 Å². The van der Waals surface area contributed by atoms with Gasteiger partial charge in [0.1, 0.15) is 23.2 Å². The van der Waals surface area contributed by atoms with Crippen molar-refractivity contribution >= 4 is 11.7 Å². The van der Waals surface area contributed by atoms with Gasteiger partial charge in [-0.05, 0) is 32.1 Å². The van der Waals surface area contributed by atoms with E-state index in [1.165, 1.54) is 25.7 Å². The van der Waals surface area contributed by atoms with E-state index < -0.39 is 5.54 Å². The molecular weight excluding hydrogens is 414 g/mol. The number of nitrogens with zero attached hydrogens (tertiary/aromatic N) is 7. The van der Waals surface area contributed by atoms with Gasteiger partial charge in [0.2, 0.25) is 0 Å². The Morgan fingerprint density at radius 2 is 1.91 bits per heavy atom. The van der Waals surface area contributed by atoms with Crippen LogP contribution in [0.25, 0.3) is 11.3 Å². The van der Waals surface area contributed by atoms with Crippen LogP contribution in [-0.2, 0) is 11.1 Å². The van der Waals surface area contributed by atoms with Crippen LogP contribution in [0.3, 0.4) is 0 Å². The van der Waals surface area contributed by atoms with Gasteiger partial charge in [-0.3, -0.25) is 4.99 Å². The molecule has 0 saturated heterocycles. The average molecular weight is 442 g/mol. The summed E-state index contributed by atoms with van der Waals surface area (Å²) in [4.78, 5) is 12.9. The number of amidine groups is 2. The van der Waals surface area contributed by atoms with Gasteiger partial charge in [-0.15, -0.1) is 10.2 Å². The molecule has 33 heavy (non-hydrogen) atoms. The van der Waals surface area contributed by atoms with E-state index in [2.05, 4.69) is 38.7 Å². The molecule has 8 heteroatoms. The molecule has 1 spiro atoms. The van der Waals surface area contributed by atoms with E-state index in [9.17, 15) is 0 Å². The third-order valence-corrected chi connectivity index (χ3v) is 8.16. The molecule has 4 heterocycles. The maximum absolute atomic E-state index is 5.67. The highest BCUT2D eigenvalue weighted by molar-refractivity contribution is 6.12. The summed E-state index contributed by atoms with van der Waals surface area (Å²) in [6, 6.07) is 10.5. The summed E-state index contributed by atoms with van der Waals surface area (Å²) in [5.41, 5.74) is 1.31. The lowest BCUT2D eigenvalue weighted by Crippen LogP contribution is -2.64. The molecule has 2 aliphatic heterocycles. The topological polar surface area (TPSA) is 84.7 Å². The number of rotatable bonds is 3. The molecule has 0 radical (unpaired) electrons. The van der Waals surface area contributed by atoms with Gasteiger partial charge < -0.3 is 14.0 Å². The minimum absolute atomic E-state index is 0.108. The van der Waals surface area contributed by atoms with Crippen molar-refractivity contribution in [1.82, 2.24) is 24.8 Å². The fourth-order valence-electron chi connectivity index (χ4n) is 6.30. The van der Waals surface area contributed by atoms with E-state index in [-0.39, 0.29) is 5.54 Å². The quantitative estimate of drug-likeness (QED) is 0.613. The third kappa shape index (κ3) is 2.49. The van der Waals surface area contributed by atoms with Gasteiger partial charge in [0.15, 0.2) is 17.4 Å². The third-order valence-electron chi connectivity index (χ3n) is 8.16. The smallest absolute Gasteiger partial charge is 0.177 e. The van der Waals surface area contributed by atoms with Crippen LogP contribution in [0.4, 0.5) is 0 Å². The fourth-order valence-corrected chi connectivity index (χ4v) is 6.30. The van der Waals surface area contributed by atoms with Crippen molar-refractivity contribution in [3.05, 3.63) is 54.2 Å². The molecule has 2 aromatic heterocycles. The van der Waals surface area contributed by atoms with Gasteiger partial charge in [0.25, 0.3) is 0 Å². The molecule has 1 aromatic carbocycles. The summed E-state index contributed by atoms with van der Waals surface area (Å²) in [7, 11) is 0. The van der Waals surface area contributed by atoms with Gasteiger partial charge in [-0.1, -0.05) is 55.3 Å². The van der Waals surface area contributed by atoms with Crippen LogP contribution in [0.2, 0.25) is 0 Å². The molecule has 2 saturated carbocycles. The molecule has 3 aromatic rings. The summed E-state index contributed by atoms with van der Waals surface area (Å²) in [5, 5.41) is 13.1. The molecule has 2 fully saturated rings. The van der Waals surface area contributed by atoms with Crippen LogP contribution in [0, 0.1) is 5.92 Å². The lowest BCUT2D eigenvalue weighted by Gasteiger charge is -2.51. The normalized spacial score (nSPS) is 30.7. The van der Waals surface area contributed by atoms with E-state index in [0.29, 0.717) is 30.1 Å². The Hall–Kier alpha value is -3.29. The number of hydrogen-bond donors (Lipinski definition) is 0. The Bertz CT molecular complexity index is 1280. The second-order valence-corrected chi connectivity index (χ2v) is 10.1. The van der Waals surface area contributed by atoms with Gasteiger partial charge in [0.05, 0.1) is 18.3 Å². The van der Waals surface area contributed by atoms with Gasteiger partial charge >= 0.3 is 0 Å². The molecule has 0 amide bonds. The van der Waals surface area contributed by atoms with E-state index >= 15 is 0 Å². The highest BCUT2D eigenvalue weighted by Gasteiger charge is 2.67. The zero-order chi connectivity index (χ0) is 22.2. The fraction of sp³-hybridized carbons (Fsp3) is 0.480. The van der Waals surface area contributed by atoms with Gasteiger partial charge in [-0.25, -0.2) is 4.99 Å². The molecule has 168 valence electrons. The monoisotopic (exact) mass is 441 g/mol. The molecule has 1 unspecified atom stereocenters. The Balaban J connectivity index is 1.40. The number of aromatic nitrogens is 4. The first-order valence-electron chi connectivity index (χ1n) is 12.0. The molecular formula is C25H27N7O. The van der Waals surface area contributed by atoms with Gasteiger partial charge in [-0.2, -0.15) is 0 Å². The van der Waals surface area contributed by atoms with Crippen LogP contribution in [-0.4, -0.2) is 49.1 Å². The number of aliphatic imine (C=N–C) groups is 2. The van der Waals surface area contributed by atoms with Crippen molar-refractivity contribution in [2.45, 2.75) is 63.1 Å². The number of fused-ring (bicyclic) bond motifs is 4. The zero-order valence-electron chi connectivity index (χ0n) is 19.0. The number of hydrogen-bond acceptors (Lipinski definition) is 7. The molecule has 3 atom stereocenters. The van der Waals surface area contributed by atoms with E-state index in [0.717, 1.165) is 29.2 Å². The molecule has 7 rings (SSSR count). The maximum atomic E-state index is 5.67. The van der Waals surface area contributed by atoms with Crippen molar-refractivity contribution < 1.29 is 4.52 Å². The van der Waals surface area contributed by atoms with Gasteiger partial charge in [0, 0.05) is 11.6 Å². The Labute approximate surface area is 192 Å². The van der Waals surface area contributed by atoms with Crippen molar-refractivity contribution in [3.8, 4) is 11.3 Å². The van der Waals surface area contributed by atoms with Crippen molar-refractivity contribution in [3.63, 3.8) is 0 Å². The summed E-state index contributed by atoms with van der Waals surface area (Å²) in [6.45, 7) is 5.14. The highest BCUT2D eigenvalue weighted by Crippen LogP contribution is 2.61. The second kappa shape index (κ2) is 6.62. The molecule has 4 aliphatic rings. The zero-order valence-corrected chi connectivity index (χ0v) is 19.0. The van der Waals surface area contributed by atoms with Crippen molar-refractivity contribution in [2.75, 3.05) is 6.54 Å². The summed E-state index contributed by atoms with van der Waals surface area (Å²) < 4.78 is 7.91. The van der Waals surface area contributed by atoms with Crippen LogP contribution in [0.1, 0.15) is 57.3 Å². The maximum Gasteiger partial charge on any atom is 0.177 e. The minimum Gasteiger partial charge on any atom is -0.356 e. The van der Waals surface area contributed by atoms with Crippen LogP contribution < -0.4 is 0 Å². The summed E-state index contributed by atoms with van der Waals surface area (Å²) >= 11 is 0. The van der Waals surface area contributed by atoms with Crippen LogP contribution in [0.5, 0.6) is 0 Å². The van der Waals surface area contributed by atoms with Crippen molar-refractivity contribution in [2.24, 2.45) is 15.9 Å². The Morgan fingerprint density at radius 3 is 2.67 bits per heavy atom. The predicted molar refractivity (Wildman–Crippen MR) is 124 cm³/mol.